The number of nitrogen functional groups attached to an aromatic ring is 1. The van der Waals surface area contributed by atoms with Crippen molar-refractivity contribution in [3.63, 3.8) is 0 Å². The average Bonchev–Trinajstić information content (AvgIpc) is 3.80. The Morgan fingerprint density at radius 1 is 1.28 bits per heavy atom. The number of oxime groups is 1. The van der Waals surface area contributed by atoms with Gasteiger partial charge in [0.2, 0.25) is 5.43 Å². The van der Waals surface area contributed by atoms with E-state index in [4.69, 9.17) is 15.0 Å². The third-order valence-electron chi connectivity index (χ3n) is 7.67. The molecule has 2 atom stereocenters. The van der Waals surface area contributed by atoms with Gasteiger partial charge >= 0.3 is 0 Å². The molecule has 22 heteroatoms. The molecule has 0 unspecified atom stereocenters. The third kappa shape index (κ3) is 9.01. The van der Waals surface area contributed by atoms with Gasteiger partial charge in [-0.1, -0.05) is 16.9 Å². The number of rotatable bonds is 16. The molecule has 4 aromatic rings. The summed E-state index contributed by atoms with van der Waals surface area (Å²) >= 11 is 5.01. The molecule has 0 spiro atoms. The molecule has 2 amide bonds. The molecule has 0 aromatic carbocycles. The van der Waals surface area contributed by atoms with E-state index in [-0.39, 0.29) is 51.4 Å². The van der Waals surface area contributed by atoms with E-state index in [1.807, 2.05) is 38.6 Å². The Morgan fingerprint density at radius 2 is 2.08 bits per heavy atom. The summed E-state index contributed by atoms with van der Waals surface area (Å²) in [6, 6.07) is 4.02. The molecule has 2 aliphatic rings. The predicted octanol–water partition coefficient (Wildman–Crippen LogP) is -0.272. The molecule has 6 rings (SSSR count). The summed E-state index contributed by atoms with van der Waals surface area (Å²) in [4.78, 5) is 67.2. The Kier molecular flexibility index (Phi) is 12.0. The molecule has 2 aliphatic heterocycles. The van der Waals surface area contributed by atoms with Crippen LogP contribution >= 0.6 is 46.6 Å². The number of carboxylic acid groups (broad SMARTS) is 1. The number of aromatic hydroxyl groups is 1. The minimum atomic E-state index is -1.46. The van der Waals surface area contributed by atoms with Crippen molar-refractivity contribution in [1.29, 1.82) is 0 Å². The molecule has 0 radical (unpaired) electrons. The van der Waals surface area contributed by atoms with Crippen molar-refractivity contribution in [2.24, 2.45) is 5.16 Å². The minimum absolute atomic E-state index is 0.0105. The van der Waals surface area contributed by atoms with Crippen LogP contribution in [0.25, 0.3) is 11.6 Å². The summed E-state index contributed by atoms with van der Waals surface area (Å²) in [7, 11) is 4.02. The topological polar surface area (TPSA) is 249 Å². The Hall–Kier alpha value is -4.90. The van der Waals surface area contributed by atoms with Gasteiger partial charge < -0.3 is 45.2 Å². The molecule has 0 saturated carbocycles. The van der Waals surface area contributed by atoms with Gasteiger partial charge in [0.25, 0.3) is 22.9 Å². The number of nitrogens with two attached hydrogens (primary N) is 1. The van der Waals surface area contributed by atoms with Gasteiger partial charge in [-0.25, -0.2) is 9.55 Å². The van der Waals surface area contributed by atoms with E-state index >= 15 is 0 Å². The summed E-state index contributed by atoms with van der Waals surface area (Å²) in [5, 5.41) is 37.3. The zero-order chi connectivity index (χ0) is 37.6. The van der Waals surface area contributed by atoms with E-state index in [1.165, 1.54) is 28.9 Å². The summed E-state index contributed by atoms with van der Waals surface area (Å²) in [6.07, 6.45) is 5.05. The number of pyridine rings is 2. The molecule has 0 aliphatic carbocycles. The smallest absolute Gasteiger partial charge is 0.277 e. The van der Waals surface area contributed by atoms with Gasteiger partial charge in [0.05, 0.1) is 18.2 Å². The first-order valence-electron chi connectivity index (χ1n) is 15.7. The quantitative estimate of drug-likeness (QED) is 0.0284. The van der Waals surface area contributed by atoms with Gasteiger partial charge in [-0.2, -0.15) is 0 Å². The normalized spacial score (nSPS) is 17.2. The monoisotopic (exact) mass is 800 g/mol. The van der Waals surface area contributed by atoms with Gasteiger partial charge in [0.1, 0.15) is 29.4 Å². The van der Waals surface area contributed by atoms with Crippen LogP contribution in [0.15, 0.2) is 77.9 Å². The Bertz CT molecular complexity index is 2120. The first-order chi connectivity index (χ1) is 25.5. The number of hydrogen-bond donors (Lipinski definition) is 4. The second kappa shape index (κ2) is 16.8. The maximum absolute atomic E-state index is 13.5. The van der Waals surface area contributed by atoms with Crippen LogP contribution in [-0.2, 0) is 25.8 Å². The highest BCUT2D eigenvalue weighted by Gasteiger charge is 2.53. The lowest BCUT2D eigenvalue weighted by atomic mass is 10.0. The molecular weight excluding hydrogens is 769 g/mol. The zero-order valence-electron chi connectivity index (χ0n) is 28.1. The summed E-state index contributed by atoms with van der Waals surface area (Å²) in [5.41, 5.74) is 5.68. The van der Waals surface area contributed by atoms with Crippen LogP contribution in [0.5, 0.6) is 5.75 Å². The van der Waals surface area contributed by atoms with Gasteiger partial charge in [-0.05, 0) is 19.7 Å². The highest BCUT2D eigenvalue weighted by molar-refractivity contribution is 8.01. The number of likely N-dealkylation sites (N-methyl/N-ethyl adjacent to an activating group) is 1. The van der Waals surface area contributed by atoms with Crippen LogP contribution in [0.2, 0.25) is 0 Å². The van der Waals surface area contributed by atoms with Crippen LogP contribution in [-0.4, -0.2) is 114 Å². The lowest BCUT2D eigenvalue weighted by Crippen LogP contribution is -2.71. The molecule has 0 bridgehead atoms. The fourth-order valence-electron chi connectivity index (χ4n) is 5.01. The molecular formula is C31H32N10O8S4. The van der Waals surface area contributed by atoms with Crippen molar-refractivity contribution < 1.29 is 38.4 Å². The molecule has 278 valence electrons. The van der Waals surface area contributed by atoms with Crippen molar-refractivity contribution in [1.82, 2.24) is 35.3 Å². The molecule has 5 N–H and O–H groups in total. The van der Waals surface area contributed by atoms with E-state index in [1.54, 1.807) is 0 Å². The number of amides is 2. The lowest BCUT2D eigenvalue weighted by Gasteiger charge is -2.50. The van der Waals surface area contributed by atoms with E-state index < -0.39 is 40.4 Å². The maximum Gasteiger partial charge on any atom is 0.277 e. The summed E-state index contributed by atoms with van der Waals surface area (Å²) < 4.78 is 7.59. The fraction of sp³-hybridized carbons (Fsp3) is 0.323. The van der Waals surface area contributed by atoms with Crippen LogP contribution in [0.1, 0.15) is 5.69 Å². The zero-order valence-corrected chi connectivity index (χ0v) is 31.4. The number of β-lactam (4-membered cyclic amide) rings is 1. The van der Waals surface area contributed by atoms with Crippen LogP contribution in [0.3, 0.4) is 0 Å². The number of thiazole rings is 1. The van der Waals surface area contributed by atoms with Crippen LogP contribution in [0.4, 0.5) is 5.13 Å². The Balaban J connectivity index is 1.05. The Labute approximate surface area is 317 Å². The number of carbonyl (C=O) groups is 3. The van der Waals surface area contributed by atoms with Crippen molar-refractivity contribution in [3.05, 3.63) is 69.4 Å². The van der Waals surface area contributed by atoms with Crippen LogP contribution in [0, 0.1) is 0 Å². The molecule has 1 saturated heterocycles. The van der Waals surface area contributed by atoms with Gasteiger partial charge in [0.15, 0.2) is 35.5 Å². The molecule has 4 aromatic heterocycles. The number of H-pyrrole nitrogens is 1. The number of fused-ring (bicyclic) bond motifs is 1. The minimum Gasteiger partial charge on any atom is -0.543 e. The lowest BCUT2D eigenvalue weighted by molar-refractivity contribution is -0.696. The highest BCUT2D eigenvalue weighted by atomic mass is 32.2. The first-order valence-corrected chi connectivity index (χ1v) is 19.6. The van der Waals surface area contributed by atoms with Crippen molar-refractivity contribution in [3.8, 4) is 17.3 Å². The van der Waals surface area contributed by atoms with E-state index in [9.17, 15) is 29.4 Å². The highest BCUT2D eigenvalue weighted by Crippen LogP contribution is 2.41. The van der Waals surface area contributed by atoms with Gasteiger partial charge in [0, 0.05) is 51.9 Å². The van der Waals surface area contributed by atoms with Gasteiger partial charge in [-0.15, -0.1) is 45.1 Å². The number of carbonyl (C=O) groups excluding carboxylic acids is 3. The van der Waals surface area contributed by atoms with E-state index in [0.29, 0.717) is 17.1 Å². The number of thioether (sulfide) groups is 3. The number of aliphatic carboxylic acids is 1. The van der Waals surface area contributed by atoms with Crippen molar-refractivity contribution in [2.75, 3.05) is 50.2 Å². The summed E-state index contributed by atoms with van der Waals surface area (Å²) in [6.45, 7) is 1.72. The number of carboxylic acids is 1. The maximum atomic E-state index is 13.5. The van der Waals surface area contributed by atoms with E-state index in [2.05, 4.69) is 40.1 Å². The number of nitrogens with one attached hydrogen (secondary N) is 2. The van der Waals surface area contributed by atoms with Crippen LogP contribution < -0.4 is 26.2 Å². The number of anilines is 1. The number of hydrogen-bond acceptors (Lipinski definition) is 18. The summed E-state index contributed by atoms with van der Waals surface area (Å²) in [5.74, 6) is -2.30. The van der Waals surface area contributed by atoms with Gasteiger partial charge in [-0.3, -0.25) is 19.3 Å². The molecule has 1 fully saturated rings. The standard InChI is InChI=1S/C31H32N10O8S4/c1-39(2)7-8-40-5-3-17(4-6-40)51-13-16-14-52-28-23(27(45)41(28)24(16)29(46)47)35-25(44)22(19-15-53-30(32)34-19)38-48-9-10-50-31-37-36-26(49-31)18-11-20(42)21(43)12-33-18/h3-6,11-12,15,23,28H,7-10,13-14H2,1-2H3,(H5-,32,33,34,35,36,38,42,43,44,46,47)/t23-,28-/m1/s1. The predicted molar refractivity (Wildman–Crippen MR) is 195 cm³/mol. The number of aromatic nitrogens is 5. The van der Waals surface area contributed by atoms with E-state index in [0.717, 1.165) is 58.2 Å². The second-order valence-corrected chi connectivity index (χ2v) is 15.7. The number of nitrogens with zero attached hydrogens (tertiary/aromatic N) is 7. The molecule has 18 nitrogen and oxygen atoms in total. The van der Waals surface area contributed by atoms with Crippen molar-refractivity contribution in [2.45, 2.75) is 28.1 Å². The number of aromatic amines is 1. The SMILES string of the molecule is CN(C)CC[n+]1ccc(SCC2=C(C(=O)[O-])N3C(=O)[C@@H](NC(=O)/C(=N\OCCSc4nnc(-c5cc(=O)c(O)c[nH]5)o4)c4csc(N)n4)[C@H]3SC2)cc1. The third-order valence-corrected chi connectivity index (χ3v) is 11.6. The largest absolute Gasteiger partial charge is 0.543 e. The molecule has 53 heavy (non-hydrogen) atoms. The molecule has 6 heterocycles. The van der Waals surface area contributed by atoms with Crippen molar-refractivity contribution >= 4 is 75.2 Å². The average molecular weight is 801 g/mol. The first kappa shape index (κ1) is 37.8. The Morgan fingerprint density at radius 3 is 2.77 bits per heavy atom. The second-order valence-electron chi connectivity index (χ2n) is 11.6. The fourth-order valence-corrected chi connectivity index (χ4v) is 8.49.